The number of hydrogen-bond donors (Lipinski definition) is 1. The number of anilines is 1. The zero-order valence-electron chi connectivity index (χ0n) is 26.6. The molecular formula is C36H45N3O4S. The topological polar surface area (TPSA) is 55.4 Å². The van der Waals surface area contributed by atoms with Crippen LogP contribution in [0, 0.1) is 11.8 Å². The van der Waals surface area contributed by atoms with Crippen molar-refractivity contribution in [1.29, 1.82) is 0 Å². The fourth-order valence-corrected chi connectivity index (χ4v) is 8.19. The Kier molecular flexibility index (Phi) is 9.19. The van der Waals surface area contributed by atoms with E-state index in [1.54, 1.807) is 28.4 Å². The van der Waals surface area contributed by atoms with Crippen LogP contribution < -0.4 is 24.3 Å². The fourth-order valence-electron chi connectivity index (χ4n) is 7.84. The SMILES string of the molecule is CCC1CN2CCc3cc(OC)c(OC)cc3C2CC1C1Cc2cc(OC)c(OC)cc2CCN1C(=S)Nc1ccccc1. The zero-order chi connectivity index (χ0) is 30.8. The van der Waals surface area contributed by atoms with Crippen LogP contribution in [0.1, 0.15) is 48.1 Å². The van der Waals surface area contributed by atoms with Gasteiger partial charge in [-0.15, -0.1) is 0 Å². The molecule has 44 heavy (non-hydrogen) atoms. The summed E-state index contributed by atoms with van der Waals surface area (Å²) in [6.45, 7) is 5.35. The molecule has 0 aromatic heterocycles. The van der Waals surface area contributed by atoms with Crippen LogP contribution >= 0.6 is 12.2 Å². The number of hydrogen-bond acceptors (Lipinski definition) is 6. The van der Waals surface area contributed by atoms with Crippen LogP contribution in [0.3, 0.4) is 0 Å². The molecule has 1 saturated heterocycles. The average Bonchev–Trinajstić information content (AvgIpc) is 3.25. The third-order valence-electron chi connectivity index (χ3n) is 10.1. The summed E-state index contributed by atoms with van der Waals surface area (Å²) in [5, 5.41) is 4.37. The van der Waals surface area contributed by atoms with Gasteiger partial charge in [-0.05, 0) is 108 Å². The van der Waals surface area contributed by atoms with Crippen molar-refractivity contribution < 1.29 is 18.9 Å². The minimum absolute atomic E-state index is 0.232. The van der Waals surface area contributed by atoms with Crippen LogP contribution in [0.5, 0.6) is 23.0 Å². The molecule has 234 valence electrons. The molecule has 4 unspecified atom stereocenters. The van der Waals surface area contributed by atoms with Gasteiger partial charge >= 0.3 is 0 Å². The molecule has 0 amide bonds. The number of rotatable bonds is 7. The second-order valence-corrected chi connectivity index (χ2v) is 12.6. The van der Waals surface area contributed by atoms with E-state index in [9.17, 15) is 0 Å². The number of benzene rings is 3. The van der Waals surface area contributed by atoms with Gasteiger partial charge in [-0.25, -0.2) is 0 Å². The molecule has 0 radical (unpaired) electrons. The van der Waals surface area contributed by atoms with Gasteiger partial charge in [0.05, 0.1) is 28.4 Å². The van der Waals surface area contributed by atoms with Crippen molar-refractivity contribution in [1.82, 2.24) is 9.80 Å². The summed E-state index contributed by atoms with van der Waals surface area (Å²) in [6.07, 6.45) is 5.02. The average molecular weight is 616 g/mol. The van der Waals surface area contributed by atoms with Gasteiger partial charge in [0.25, 0.3) is 0 Å². The van der Waals surface area contributed by atoms with Crippen molar-refractivity contribution >= 4 is 23.0 Å². The lowest BCUT2D eigenvalue weighted by atomic mass is 9.71. The minimum Gasteiger partial charge on any atom is -0.493 e. The highest BCUT2D eigenvalue weighted by Gasteiger charge is 2.44. The molecule has 3 heterocycles. The lowest BCUT2D eigenvalue weighted by molar-refractivity contribution is 0.0194. The van der Waals surface area contributed by atoms with Crippen LogP contribution in [-0.4, -0.2) is 69.0 Å². The Morgan fingerprint density at radius 2 is 1.43 bits per heavy atom. The van der Waals surface area contributed by atoms with Gasteiger partial charge in [-0.2, -0.15) is 0 Å². The molecular weight excluding hydrogens is 570 g/mol. The second-order valence-electron chi connectivity index (χ2n) is 12.2. The van der Waals surface area contributed by atoms with Crippen molar-refractivity contribution in [2.24, 2.45) is 11.8 Å². The van der Waals surface area contributed by atoms with E-state index in [2.05, 4.69) is 58.4 Å². The first-order chi connectivity index (χ1) is 21.5. The second kappa shape index (κ2) is 13.2. The Bertz CT molecular complexity index is 1480. The minimum atomic E-state index is 0.232. The maximum Gasteiger partial charge on any atom is 0.173 e. The number of piperidine rings is 1. The van der Waals surface area contributed by atoms with Crippen LogP contribution in [-0.2, 0) is 19.3 Å². The molecule has 3 aliphatic rings. The van der Waals surface area contributed by atoms with Gasteiger partial charge < -0.3 is 29.2 Å². The van der Waals surface area contributed by atoms with E-state index in [4.69, 9.17) is 31.2 Å². The van der Waals surface area contributed by atoms with E-state index < -0.39 is 0 Å². The summed E-state index contributed by atoms with van der Waals surface area (Å²) in [5.74, 6) is 4.18. The molecule has 6 rings (SSSR count). The van der Waals surface area contributed by atoms with Crippen molar-refractivity contribution in [2.75, 3.05) is 53.4 Å². The third kappa shape index (κ3) is 5.82. The Labute approximate surface area is 267 Å². The summed E-state index contributed by atoms with van der Waals surface area (Å²) in [4.78, 5) is 5.20. The highest BCUT2D eigenvalue weighted by Crippen LogP contribution is 2.48. The van der Waals surface area contributed by atoms with Crippen LogP contribution in [0.4, 0.5) is 5.69 Å². The molecule has 1 N–H and O–H groups in total. The van der Waals surface area contributed by atoms with Crippen molar-refractivity contribution in [3.05, 3.63) is 76.9 Å². The van der Waals surface area contributed by atoms with E-state index in [-0.39, 0.29) is 6.04 Å². The van der Waals surface area contributed by atoms with Gasteiger partial charge in [0.1, 0.15) is 0 Å². The van der Waals surface area contributed by atoms with Gasteiger partial charge in [-0.3, -0.25) is 4.90 Å². The van der Waals surface area contributed by atoms with Crippen LogP contribution in [0.25, 0.3) is 0 Å². The quantitative estimate of drug-likeness (QED) is 0.301. The molecule has 0 spiro atoms. The number of methoxy groups -OCH3 is 4. The number of ether oxygens (including phenoxy) is 4. The first-order valence-electron chi connectivity index (χ1n) is 15.8. The first-order valence-corrected chi connectivity index (χ1v) is 16.2. The highest BCUT2D eigenvalue weighted by atomic mass is 32.1. The Morgan fingerprint density at radius 3 is 2.09 bits per heavy atom. The summed E-state index contributed by atoms with van der Waals surface area (Å²) in [5.41, 5.74) is 6.41. The fraction of sp³-hybridized carbons (Fsp3) is 0.472. The largest absolute Gasteiger partial charge is 0.493 e. The standard InChI is InChI=1S/C36H45N3O4S/c1-6-23-22-38-14-12-25-18-33(41-3)35(43-5)21-29(25)30(38)20-28(23)31-16-26-19-34(42-4)32(40-2)17-24(26)13-15-39(31)36(44)37-27-10-8-7-9-11-27/h7-11,17-19,21,23,28,30-31H,6,12-16,20,22H2,1-5H3,(H,37,44). The maximum atomic E-state index is 6.21. The van der Waals surface area contributed by atoms with E-state index in [1.165, 1.54) is 22.3 Å². The van der Waals surface area contributed by atoms with Gasteiger partial charge in [0.15, 0.2) is 28.1 Å². The molecule has 4 atom stereocenters. The Hall–Kier alpha value is -3.49. The molecule has 3 aromatic rings. The van der Waals surface area contributed by atoms with Crippen molar-refractivity contribution in [2.45, 2.75) is 51.1 Å². The van der Waals surface area contributed by atoms with E-state index in [0.29, 0.717) is 17.9 Å². The molecule has 0 bridgehead atoms. The van der Waals surface area contributed by atoms with Crippen molar-refractivity contribution in [3.63, 3.8) is 0 Å². The maximum absolute atomic E-state index is 6.21. The molecule has 0 aliphatic carbocycles. The molecule has 3 aromatic carbocycles. The van der Waals surface area contributed by atoms with E-state index in [1.807, 2.05) is 18.2 Å². The number of nitrogens with one attached hydrogen (secondary N) is 1. The zero-order valence-corrected chi connectivity index (χ0v) is 27.4. The van der Waals surface area contributed by atoms with E-state index in [0.717, 1.165) is 85.5 Å². The monoisotopic (exact) mass is 615 g/mol. The molecule has 8 heteroatoms. The summed E-state index contributed by atoms with van der Waals surface area (Å²) in [6, 6.07) is 19.6. The Morgan fingerprint density at radius 1 is 0.818 bits per heavy atom. The van der Waals surface area contributed by atoms with Gasteiger partial charge in [0, 0.05) is 37.4 Å². The predicted octanol–water partition coefficient (Wildman–Crippen LogP) is 6.53. The summed E-state index contributed by atoms with van der Waals surface area (Å²) in [7, 11) is 6.88. The summed E-state index contributed by atoms with van der Waals surface area (Å²) >= 11 is 6.21. The van der Waals surface area contributed by atoms with Gasteiger partial charge in [-0.1, -0.05) is 31.5 Å². The number of nitrogens with zero attached hydrogens (tertiary/aromatic N) is 2. The number of fused-ring (bicyclic) bond motifs is 4. The molecule has 7 nitrogen and oxygen atoms in total. The first kappa shape index (κ1) is 30.5. The lowest BCUT2D eigenvalue weighted by Crippen LogP contribution is -2.55. The lowest BCUT2D eigenvalue weighted by Gasteiger charge is -2.51. The molecule has 3 aliphatic heterocycles. The summed E-state index contributed by atoms with van der Waals surface area (Å²) < 4.78 is 22.9. The Balaban J connectivity index is 1.39. The van der Waals surface area contributed by atoms with E-state index >= 15 is 0 Å². The van der Waals surface area contributed by atoms with Crippen molar-refractivity contribution in [3.8, 4) is 23.0 Å². The van der Waals surface area contributed by atoms with Gasteiger partial charge in [0.2, 0.25) is 0 Å². The molecule has 0 saturated carbocycles. The third-order valence-corrected chi connectivity index (χ3v) is 10.5. The van der Waals surface area contributed by atoms with Crippen LogP contribution in [0.2, 0.25) is 0 Å². The predicted molar refractivity (Wildman–Crippen MR) is 180 cm³/mol. The smallest absolute Gasteiger partial charge is 0.173 e. The molecule has 1 fully saturated rings. The number of para-hydroxylation sites is 1. The highest BCUT2D eigenvalue weighted by molar-refractivity contribution is 7.80. The normalized spacial score (nSPS) is 23.0. The number of thiocarbonyl (C=S) groups is 1. The van der Waals surface area contributed by atoms with Crippen LogP contribution in [0.15, 0.2) is 54.6 Å².